The molecule has 0 atom stereocenters. The van der Waals surface area contributed by atoms with Gasteiger partial charge in [0.2, 0.25) is 5.91 Å². The number of amides is 1. The summed E-state index contributed by atoms with van der Waals surface area (Å²) in [6, 6.07) is 1.79. The second kappa shape index (κ2) is 6.86. The van der Waals surface area contributed by atoms with Crippen LogP contribution in [-0.4, -0.2) is 61.3 Å². The van der Waals surface area contributed by atoms with E-state index in [2.05, 4.69) is 24.8 Å². The van der Waals surface area contributed by atoms with Crippen molar-refractivity contribution in [2.24, 2.45) is 0 Å². The van der Waals surface area contributed by atoms with Crippen molar-refractivity contribution < 1.29 is 13.6 Å². The summed E-state index contributed by atoms with van der Waals surface area (Å²) < 4.78 is 27.5. The smallest absolute Gasteiger partial charge is 0.281 e. The number of alkyl halides is 2. The van der Waals surface area contributed by atoms with Gasteiger partial charge in [0, 0.05) is 45.5 Å². The van der Waals surface area contributed by atoms with Crippen molar-refractivity contribution in [1.29, 1.82) is 0 Å². The number of rotatable bonds is 3. The van der Waals surface area contributed by atoms with Gasteiger partial charge in [0.05, 0.1) is 12.4 Å². The van der Waals surface area contributed by atoms with Crippen LogP contribution < -0.4 is 4.90 Å². The summed E-state index contributed by atoms with van der Waals surface area (Å²) in [6.45, 7) is 4.17. The van der Waals surface area contributed by atoms with Crippen molar-refractivity contribution in [3.05, 3.63) is 36.5 Å². The van der Waals surface area contributed by atoms with Crippen LogP contribution in [0.25, 0.3) is 17.2 Å². The quantitative estimate of drug-likeness (QED) is 0.697. The Bertz CT molecular complexity index is 982. The fraction of sp³-hybridized carbons (Fsp3) is 0.353. The van der Waals surface area contributed by atoms with Gasteiger partial charge in [0.25, 0.3) is 6.43 Å². The summed E-state index contributed by atoms with van der Waals surface area (Å²) in [6.07, 6.45) is 3.05. The maximum atomic E-state index is 13.0. The predicted octanol–water partition coefficient (Wildman–Crippen LogP) is 1.79. The van der Waals surface area contributed by atoms with Crippen molar-refractivity contribution in [1.82, 2.24) is 29.2 Å². The maximum Gasteiger partial charge on any atom is 0.281 e. The average molecular weight is 373 g/mol. The lowest BCUT2D eigenvalue weighted by Crippen LogP contribution is -2.48. The zero-order valence-corrected chi connectivity index (χ0v) is 14.6. The normalized spacial score (nSPS) is 15.0. The van der Waals surface area contributed by atoms with Crippen LogP contribution in [0.2, 0.25) is 0 Å². The first kappa shape index (κ1) is 17.3. The number of carbonyl (C=O) groups excluding carboxylic acids is 1. The van der Waals surface area contributed by atoms with Gasteiger partial charge < -0.3 is 9.80 Å². The van der Waals surface area contributed by atoms with Crippen LogP contribution >= 0.6 is 0 Å². The highest BCUT2D eigenvalue weighted by Gasteiger charge is 2.21. The van der Waals surface area contributed by atoms with Gasteiger partial charge in [-0.05, 0) is 6.07 Å². The second-order valence-electron chi connectivity index (χ2n) is 6.22. The van der Waals surface area contributed by atoms with Crippen molar-refractivity contribution >= 4 is 17.4 Å². The van der Waals surface area contributed by atoms with Crippen molar-refractivity contribution in [2.75, 3.05) is 31.1 Å². The van der Waals surface area contributed by atoms with E-state index in [1.54, 1.807) is 30.3 Å². The molecule has 10 heteroatoms. The zero-order valence-electron chi connectivity index (χ0n) is 14.6. The molecular weight excluding hydrogens is 356 g/mol. The van der Waals surface area contributed by atoms with E-state index in [4.69, 9.17) is 0 Å². The molecule has 3 aromatic heterocycles. The van der Waals surface area contributed by atoms with E-state index in [0.717, 1.165) is 5.82 Å². The molecule has 0 radical (unpaired) electrons. The molecule has 140 valence electrons. The molecule has 0 spiro atoms. The Morgan fingerprint density at radius 1 is 1.11 bits per heavy atom. The number of hydrogen-bond acceptors (Lipinski definition) is 6. The fourth-order valence-corrected chi connectivity index (χ4v) is 3.08. The van der Waals surface area contributed by atoms with Gasteiger partial charge in [0.1, 0.15) is 17.2 Å². The van der Waals surface area contributed by atoms with E-state index in [0.29, 0.717) is 43.3 Å². The van der Waals surface area contributed by atoms with Gasteiger partial charge in [-0.1, -0.05) is 0 Å². The highest BCUT2D eigenvalue weighted by Crippen LogP contribution is 2.23. The van der Waals surface area contributed by atoms with Gasteiger partial charge in [-0.3, -0.25) is 9.20 Å². The molecule has 1 aliphatic rings. The molecule has 4 heterocycles. The third-order valence-electron chi connectivity index (χ3n) is 4.56. The van der Waals surface area contributed by atoms with Gasteiger partial charge >= 0.3 is 0 Å². The van der Waals surface area contributed by atoms with Gasteiger partial charge in [0.15, 0.2) is 11.5 Å². The summed E-state index contributed by atoms with van der Waals surface area (Å²) in [7, 11) is 0. The lowest BCUT2D eigenvalue weighted by atomic mass is 10.3. The van der Waals surface area contributed by atoms with Crippen LogP contribution in [0, 0.1) is 0 Å². The largest absolute Gasteiger partial charge is 0.353 e. The monoisotopic (exact) mass is 373 g/mol. The van der Waals surface area contributed by atoms with Gasteiger partial charge in [-0.15, -0.1) is 0 Å². The molecule has 1 amide bonds. The molecule has 1 aliphatic heterocycles. The zero-order chi connectivity index (χ0) is 19.0. The Labute approximate surface area is 153 Å². The first-order valence-electron chi connectivity index (χ1n) is 8.48. The minimum atomic E-state index is -2.67. The van der Waals surface area contributed by atoms with E-state index < -0.39 is 6.43 Å². The maximum absolute atomic E-state index is 13.0. The van der Waals surface area contributed by atoms with E-state index in [9.17, 15) is 13.6 Å². The number of imidazole rings is 1. The van der Waals surface area contributed by atoms with Crippen molar-refractivity contribution in [3.63, 3.8) is 0 Å². The fourth-order valence-electron chi connectivity index (χ4n) is 3.08. The van der Waals surface area contributed by atoms with Crippen LogP contribution in [0.1, 0.15) is 19.0 Å². The van der Waals surface area contributed by atoms with Crippen LogP contribution in [0.15, 0.2) is 30.9 Å². The molecule has 8 nitrogen and oxygen atoms in total. The number of aromatic nitrogens is 5. The Kier molecular flexibility index (Phi) is 4.38. The Morgan fingerprint density at radius 3 is 2.59 bits per heavy atom. The predicted molar refractivity (Wildman–Crippen MR) is 93.4 cm³/mol. The van der Waals surface area contributed by atoms with Crippen LogP contribution in [0.5, 0.6) is 0 Å². The van der Waals surface area contributed by atoms with Crippen molar-refractivity contribution in [3.8, 4) is 11.5 Å². The summed E-state index contributed by atoms with van der Waals surface area (Å²) in [5.74, 6) is 1.17. The van der Waals surface area contributed by atoms with Gasteiger partial charge in [-0.25, -0.2) is 28.7 Å². The summed E-state index contributed by atoms with van der Waals surface area (Å²) in [5, 5.41) is 0. The Morgan fingerprint density at radius 2 is 1.89 bits per heavy atom. The number of hydrogen-bond donors (Lipinski definition) is 0. The SMILES string of the molecule is CC(=O)N1CCN(c2ccnc(-c3cnc4cnc(C(F)F)cn34)n2)CC1. The lowest BCUT2D eigenvalue weighted by Gasteiger charge is -2.34. The molecule has 0 N–H and O–H groups in total. The number of nitrogens with zero attached hydrogens (tertiary/aromatic N) is 7. The van der Waals surface area contributed by atoms with Gasteiger partial charge in [-0.2, -0.15) is 0 Å². The molecule has 27 heavy (non-hydrogen) atoms. The number of piperazine rings is 1. The highest BCUT2D eigenvalue weighted by atomic mass is 19.3. The molecule has 1 saturated heterocycles. The third-order valence-corrected chi connectivity index (χ3v) is 4.56. The molecular formula is C17H17F2N7O. The average Bonchev–Trinajstić information content (AvgIpc) is 3.11. The summed E-state index contributed by atoms with van der Waals surface area (Å²) in [5.41, 5.74) is 0.621. The second-order valence-corrected chi connectivity index (χ2v) is 6.22. The van der Waals surface area contributed by atoms with Crippen molar-refractivity contribution in [2.45, 2.75) is 13.3 Å². The molecule has 0 aromatic carbocycles. The number of carbonyl (C=O) groups is 1. The molecule has 0 aliphatic carbocycles. The number of fused-ring (bicyclic) bond motifs is 1. The van der Waals surface area contributed by atoms with Crippen LogP contribution in [-0.2, 0) is 4.79 Å². The third kappa shape index (κ3) is 3.29. The van der Waals surface area contributed by atoms with E-state index in [-0.39, 0.29) is 11.6 Å². The summed E-state index contributed by atoms with van der Waals surface area (Å²) in [4.78, 5) is 32.1. The first-order chi connectivity index (χ1) is 13.0. The van der Waals surface area contributed by atoms with E-state index in [1.807, 2.05) is 0 Å². The minimum Gasteiger partial charge on any atom is -0.353 e. The first-order valence-corrected chi connectivity index (χ1v) is 8.48. The Balaban J connectivity index is 1.64. The van der Waals surface area contributed by atoms with E-state index >= 15 is 0 Å². The number of anilines is 1. The minimum absolute atomic E-state index is 0.0622. The highest BCUT2D eigenvalue weighted by molar-refractivity contribution is 5.73. The molecule has 0 bridgehead atoms. The number of halogens is 2. The standard InChI is InChI=1S/C17H17F2N7O/c1-11(27)24-4-6-25(7-5-24)14-2-3-20-17(23-14)13-8-22-15-9-21-12(16(18)19)10-26(13)15/h2-3,8-10,16H,4-7H2,1H3. The molecule has 4 rings (SSSR count). The molecule has 3 aromatic rings. The van der Waals surface area contributed by atoms with Crippen LogP contribution in [0.3, 0.4) is 0 Å². The lowest BCUT2D eigenvalue weighted by molar-refractivity contribution is -0.129. The summed E-state index contributed by atoms with van der Waals surface area (Å²) >= 11 is 0. The van der Waals surface area contributed by atoms with Crippen LogP contribution in [0.4, 0.5) is 14.6 Å². The topological polar surface area (TPSA) is 79.5 Å². The molecule has 0 unspecified atom stereocenters. The molecule has 0 saturated carbocycles. The molecule has 1 fully saturated rings. The Hall–Kier alpha value is -3.17. The van der Waals surface area contributed by atoms with E-state index in [1.165, 1.54) is 16.8 Å².